The molecule has 3 aliphatic rings. The Morgan fingerprint density at radius 3 is 2.56 bits per heavy atom. The molecule has 0 bridgehead atoms. The zero-order valence-electron chi connectivity index (χ0n) is 14.9. The van der Waals surface area contributed by atoms with Gasteiger partial charge < -0.3 is 10.2 Å². The van der Waals surface area contributed by atoms with Gasteiger partial charge in [-0.25, -0.2) is 4.39 Å². The van der Waals surface area contributed by atoms with Crippen molar-refractivity contribution in [2.75, 3.05) is 44.2 Å². The van der Waals surface area contributed by atoms with E-state index in [9.17, 15) is 4.39 Å². The second kappa shape index (κ2) is 7.42. The first-order chi connectivity index (χ1) is 12.1. The van der Waals surface area contributed by atoms with E-state index in [-0.39, 0.29) is 0 Å². The second-order valence-corrected chi connectivity index (χ2v) is 8.57. The van der Waals surface area contributed by atoms with Gasteiger partial charge in [-0.2, -0.15) is 0 Å². The van der Waals surface area contributed by atoms with Gasteiger partial charge >= 0.3 is 0 Å². The molecular formula is C20H29ClFN3. The quantitative estimate of drug-likeness (QED) is 0.877. The number of likely N-dealkylation sites (tertiary alicyclic amines) is 1. The van der Waals surface area contributed by atoms with E-state index in [1.165, 1.54) is 56.7 Å². The van der Waals surface area contributed by atoms with Crippen molar-refractivity contribution in [3.8, 4) is 0 Å². The molecule has 1 N–H and O–H groups in total. The van der Waals surface area contributed by atoms with Gasteiger partial charge in [0.15, 0.2) is 0 Å². The fraction of sp³-hybridized carbons (Fsp3) is 0.700. The average molecular weight is 366 g/mol. The fourth-order valence-corrected chi connectivity index (χ4v) is 4.87. The average Bonchev–Trinajstić information content (AvgIpc) is 3.08. The van der Waals surface area contributed by atoms with Crippen LogP contribution >= 0.6 is 11.6 Å². The topological polar surface area (TPSA) is 18.5 Å². The molecule has 1 aromatic rings. The third-order valence-electron chi connectivity index (χ3n) is 6.46. The third kappa shape index (κ3) is 3.96. The maximum atomic E-state index is 13.5. The zero-order valence-corrected chi connectivity index (χ0v) is 15.7. The number of hydrogen-bond donors (Lipinski definition) is 1. The molecule has 3 saturated heterocycles. The molecule has 0 unspecified atom stereocenters. The van der Waals surface area contributed by atoms with Crippen molar-refractivity contribution in [3.05, 3.63) is 28.8 Å². The van der Waals surface area contributed by atoms with Gasteiger partial charge in [0.1, 0.15) is 6.17 Å². The van der Waals surface area contributed by atoms with Crippen molar-refractivity contribution in [1.82, 2.24) is 10.2 Å². The van der Waals surface area contributed by atoms with Crippen LogP contribution in [-0.2, 0) is 6.54 Å². The molecule has 0 aliphatic carbocycles. The molecule has 0 radical (unpaired) electrons. The van der Waals surface area contributed by atoms with Gasteiger partial charge in [0.2, 0.25) is 0 Å². The van der Waals surface area contributed by atoms with Crippen LogP contribution in [0.15, 0.2) is 18.2 Å². The molecule has 3 heterocycles. The lowest BCUT2D eigenvalue weighted by atomic mass is 9.78. The number of nitrogens with one attached hydrogen (secondary N) is 1. The standard InChI is InChI=1S/C20H29ClFN3/c21-17-2-1-16(19(13-17)25-9-3-18(22)4-10-25)14-24-11-6-20(7-12-24)5-8-23-15-20/h1-2,13,18,23H,3-12,14-15H2. The van der Waals surface area contributed by atoms with Crippen molar-refractivity contribution in [1.29, 1.82) is 0 Å². The number of alkyl halides is 1. The monoisotopic (exact) mass is 365 g/mol. The van der Waals surface area contributed by atoms with E-state index >= 15 is 0 Å². The van der Waals surface area contributed by atoms with Crippen LogP contribution in [0.1, 0.15) is 37.7 Å². The summed E-state index contributed by atoms with van der Waals surface area (Å²) in [6.45, 7) is 7.31. The molecule has 1 aromatic carbocycles. The minimum Gasteiger partial charge on any atom is -0.371 e. The summed E-state index contributed by atoms with van der Waals surface area (Å²) in [5.41, 5.74) is 3.10. The Kier molecular flexibility index (Phi) is 5.21. The van der Waals surface area contributed by atoms with Gasteiger partial charge in [-0.05, 0) is 74.8 Å². The van der Waals surface area contributed by atoms with Crippen LogP contribution in [0.2, 0.25) is 5.02 Å². The molecule has 0 saturated carbocycles. The predicted octanol–water partition coefficient (Wildman–Crippen LogP) is 3.85. The second-order valence-electron chi connectivity index (χ2n) is 8.14. The van der Waals surface area contributed by atoms with Crippen molar-refractivity contribution in [2.24, 2.45) is 5.41 Å². The Hall–Kier alpha value is -0.840. The van der Waals surface area contributed by atoms with Gasteiger partial charge in [0.05, 0.1) is 0 Å². The summed E-state index contributed by atoms with van der Waals surface area (Å²) in [4.78, 5) is 4.90. The van der Waals surface area contributed by atoms with Crippen molar-refractivity contribution in [3.63, 3.8) is 0 Å². The Balaban J connectivity index is 1.43. The SMILES string of the molecule is FC1CCN(c2cc(Cl)ccc2CN2CCC3(CCNC3)CC2)CC1. The molecule has 0 aromatic heterocycles. The van der Waals surface area contributed by atoms with Crippen LogP contribution in [0.4, 0.5) is 10.1 Å². The number of halogens is 2. The van der Waals surface area contributed by atoms with Gasteiger partial charge in [-0.3, -0.25) is 4.90 Å². The Labute approximate surface area is 155 Å². The molecule has 4 rings (SSSR count). The molecule has 138 valence electrons. The Morgan fingerprint density at radius 2 is 1.88 bits per heavy atom. The number of hydrogen-bond acceptors (Lipinski definition) is 3. The maximum Gasteiger partial charge on any atom is 0.103 e. The molecule has 0 atom stereocenters. The lowest BCUT2D eigenvalue weighted by molar-refractivity contribution is 0.114. The van der Waals surface area contributed by atoms with Crippen LogP contribution in [-0.4, -0.2) is 50.3 Å². The van der Waals surface area contributed by atoms with E-state index in [1.807, 2.05) is 6.07 Å². The summed E-state index contributed by atoms with van der Waals surface area (Å²) < 4.78 is 13.5. The molecule has 3 aliphatic heterocycles. The highest BCUT2D eigenvalue weighted by atomic mass is 35.5. The van der Waals surface area contributed by atoms with E-state index in [1.54, 1.807) is 0 Å². The zero-order chi connectivity index (χ0) is 17.3. The first kappa shape index (κ1) is 17.6. The Morgan fingerprint density at radius 1 is 1.12 bits per heavy atom. The first-order valence-electron chi connectivity index (χ1n) is 9.74. The van der Waals surface area contributed by atoms with Crippen LogP contribution < -0.4 is 10.2 Å². The number of rotatable bonds is 3. The minimum absolute atomic E-state index is 0.558. The van der Waals surface area contributed by atoms with Crippen molar-refractivity contribution >= 4 is 17.3 Å². The lowest BCUT2D eigenvalue weighted by Crippen LogP contribution is -2.41. The molecule has 25 heavy (non-hydrogen) atoms. The Bertz CT molecular complexity index is 585. The van der Waals surface area contributed by atoms with E-state index in [4.69, 9.17) is 11.6 Å². The highest BCUT2D eigenvalue weighted by Gasteiger charge is 2.37. The normalized spacial score (nSPS) is 25.0. The minimum atomic E-state index is -0.641. The number of benzene rings is 1. The van der Waals surface area contributed by atoms with Crippen molar-refractivity contribution < 1.29 is 4.39 Å². The summed E-state index contributed by atoms with van der Waals surface area (Å²) in [6.07, 6.45) is 4.56. The highest BCUT2D eigenvalue weighted by molar-refractivity contribution is 6.30. The third-order valence-corrected chi connectivity index (χ3v) is 6.69. The first-order valence-corrected chi connectivity index (χ1v) is 10.1. The van der Waals surface area contributed by atoms with E-state index < -0.39 is 6.17 Å². The van der Waals surface area contributed by atoms with E-state index in [0.717, 1.165) is 24.7 Å². The van der Waals surface area contributed by atoms with Crippen LogP contribution in [0.3, 0.4) is 0 Å². The van der Waals surface area contributed by atoms with Gasteiger partial charge in [-0.15, -0.1) is 0 Å². The van der Waals surface area contributed by atoms with Crippen LogP contribution in [0.25, 0.3) is 0 Å². The number of nitrogens with zero attached hydrogens (tertiary/aromatic N) is 2. The number of anilines is 1. The van der Waals surface area contributed by atoms with Gasteiger partial charge in [-0.1, -0.05) is 17.7 Å². The largest absolute Gasteiger partial charge is 0.371 e. The lowest BCUT2D eigenvalue weighted by Gasteiger charge is -2.39. The van der Waals surface area contributed by atoms with Crippen molar-refractivity contribution in [2.45, 2.75) is 44.8 Å². The smallest absolute Gasteiger partial charge is 0.103 e. The van der Waals surface area contributed by atoms with Crippen LogP contribution in [0, 0.1) is 5.41 Å². The van der Waals surface area contributed by atoms with E-state index in [0.29, 0.717) is 18.3 Å². The van der Waals surface area contributed by atoms with Gasteiger partial charge in [0.25, 0.3) is 0 Å². The maximum absolute atomic E-state index is 13.5. The molecular weight excluding hydrogens is 337 g/mol. The summed E-state index contributed by atoms with van der Waals surface area (Å²) in [5, 5.41) is 4.31. The summed E-state index contributed by atoms with van der Waals surface area (Å²) in [7, 11) is 0. The summed E-state index contributed by atoms with van der Waals surface area (Å²) >= 11 is 6.27. The summed E-state index contributed by atoms with van der Waals surface area (Å²) in [6, 6.07) is 6.23. The number of piperidine rings is 2. The molecule has 0 amide bonds. The van der Waals surface area contributed by atoms with Crippen LogP contribution in [0.5, 0.6) is 0 Å². The molecule has 3 fully saturated rings. The predicted molar refractivity (Wildman–Crippen MR) is 102 cm³/mol. The molecule has 1 spiro atoms. The molecule has 3 nitrogen and oxygen atoms in total. The van der Waals surface area contributed by atoms with Gasteiger partial charge in [0, 0.05) is 36.9 Å². The van der Waals surface area contributed by atoms with E-state index in [2.05, 4.69) is 27.2 Å². The fourth-order valence-electron chi connectivity index (χ4n) is 4.70. The highest BCUT2D eigenvalue weighted by Crippen LogP contribution is 2.38. The summed E-state index contributed by atoms with van der Waals surface area (Å²) in [5.74, 6) is 0. The molecule has 5 heteroatoms.